The number of rotatable bonds is 7. The summed E-state index contributed by atoms with van der Waals surface area (Å²) in [5.41, 5.74) is 1.19. The summed E-state index contributed by atoms with van der Waals surface area (Å²) in [5.74, 6) is 0.0150. The van der Waals surface area contributed by atoms with E-state index in [-0.39, 0.29) is 5.91 Å². The monoisotopic (exact) mass is 279 g/mol. The molecule has 0 aliphatic carbocycles. The molecule has 1 rings (SSSR count). The molecule has 5 heteroatoms. The van der Waals surface area contributed by atoms with Gasteiger partial charge in [0, 0.05) is 13.0 Å². The second kappa shape index (κ2) is 8.19. The van der Waals surface area contributed by atoms with Gasteiger partial charge in [-0.05, 0) is 24.1 Å². The zero-order chi connectivity index (χ0) is 15.0. The van der Waals surface area contributed by atoms with E-state index in [2.05, 4.69) is 5.32 Å². The standard InChI is InChI=1S/C15H21NO4/c1-4-5-6-14(17)16-10-11-7-8-13(19-2)12(9-11)15(18)20-3/h7-9H,4-6,10H2,1-3H3,(H,16,17). The van der Waals surface area contributed by atoms with Gasteiger partial charge in [0.2, 0.25) is 5.91 Å². The molecule has 1 aromatic rings. The van der Waals surface area contributed by atoms with E-state index in [1.165, 1.54) is 14.2 Å². The summed E-state index contributed by atoms with van der Waals surface area (Å²) < 4.78 is 9.82. The van der Waals surface area contributed by atoms with Crippen LogP contribution in [0, 0.1) is 0 Å². The Bertz CT molecular complexity index is 471. The molecule has 0 spiro atoms. The van der Waals surface area contributed by atoms with Gasteiger partial charge in [0.1, 0.15) is 11.3 Å². The number of ether oxygens (including phenoxy) is 2. The van der Waals surface area contributed by atoms with E-state index in [1.807, 2.05) is 13.0 Å². The van der Waals surface area contributed by atoms with Crippen LogP contribution in [-0.2, 0) is 16.1 Å². The van der Waals surface area contributed by atoms with Crippen LogP contribution in [0.15, 0.2) is 18.2 Å². The molecule has 20 heavy (non-hydrogen) atoms. The Morgan fingerprint density at radius 3 is 2.60 bits per heavy atom. The predicted octanol–water partition coefficient (Wildman–Crippen LogP) is 2.29. The molecule has 1 N–H and O–H groups in total. The summed E-state index contributed by atoms with van der Waals surface area (Å²) in [6, 6.07) is 5.18. The molecule has 0 saturated carbocycles. The first-order valence-corrected chi connectivity index (χ1v) is 6.64. The molecule has 110 valence electrons. The SMILES string of the molecule is CCCCC(=O)NCc1ccc(OC)c(C(=O)OC)c1. The number of benzene rings is 1. The van der Waals surface area contributed by atoms with Crippen molar-refractivity contribution in [3.8, 4) is 5.75 Å². The lowest BCUT2D eigenvalue weighted by atomic mass is 10.1. The fourth-order valence-electron chi connectivity index (χ4n) is 1.76. The van der Waals surface area contributed by atoms with Gasteiger partial charge in [-0.25, -0.2) is 4.79 Å². The van der Waals surface area contributed by atoms with E-state index in [4.69, 9.17) is 9.47 Å². The van der Waals surface area contributed by atoms with Crippen molar-refractivity contribution in [1.29, 1.82) is 0 Å². The number of amides is 1. The molecule has 0 atom stereocenters. The van der Waals surface area contributed by atoms with E-state index in [9.17, 15) is 9.59 Å². The average Bonchev–Trinajstić information content (AvgIpc) is 2.49. The second-order valence-corrected chi connectivity index (χ2v) is 4.41. The molecule has 0 radical (unpaired) electrons. The van der Waals surface area contributed by atoms with Crippen molar-refractivity contribution in [3.63, 3.8) is 0 Å². The highest BCUT2D eigenvalue weighted by Crippen LogP contribution is 2.20. The molecule has 1 amide bonds. The van der Waals surface area contributed by atoms with Crippen molar-refractivity contribution in [2.75, 3.05) is 14.2 Å². The third-order valence-electron chi connectivity index (χ3n) is 2.92. The number of carbonyl (C=O) groups is 2. The van der Waals surface area contributed by atoms with E-state index in [1.54, 1.807) is 12.1 Å². The van der Waals surface area contributed by atoms with E-state index >= 15 is 0 Å². The molecule has 0 unspecified atom stereocenters. The molecule has 0 bridgehead atoms. The van der Waals surface area contributed by atoms with E-state index < -0.39 is 5.97 Å². The molecular weight excluding hydrogens is 258 g/mol. The van der Waals surface area contributed by atoms with Crippen molar-refractivity contribution in [2.45, 2.75) is 32.7 Å². The van der Waals surface area contributed by atoms with Crippen LogP contribution in [-0.4, -0.2) is 26.1 Å². The highest BCUT2D eigenvalue weighted by atomic mass is 16.5. The van der Waals surface area contributed by atoms with Gasteiger partial charge in [-0.1, -0.05) is 19.4 Å². The largest absolute Gasteiger partial charge is 0.496 e. The van der Waals surface area contributed by atoms with Crippen molar-refractivity contribution in [2.24, 2.45) is 0 Å². The molecule has 0 aromatic heterocycles. The zero-order valence-corrected chi connectivity index (χ0v) is 12.2. The number of methoxy groups -OCH3 is 2. The molecule has 0 aliphatic heterocycles. The van der Waals surface area contributed by atoms with Gasteiger partial charge >= 0.3 is 5.97 Å². The van der Waals surface area contributed by atoms with Crippen LogP contribution in [0.4, 0.5) is 0 Å². The van der Waals surface area contributed by atoms with Gasteiger partial charge in [-0.15, -0.1) is 0 Å². The van der Waals surface area contributed by atoms with Crippen molar-refractivity contribution in [3.05, 3.63) is 29.3 Å². The predicted molar refractivity (Wildman–Crippen MR) is 75.7 cm³/mol. The first kappa shape index (κ1) is 16.0. The van der Waals surface area contributed by atoms with Crippen LogP contribution < -0.4 is 10.1 Å². The molecular formula is C15H21NO4. The molecule has 0 aliphatic rings. The molecule has 5 nitrogen and oxygen atoms in total. The quantitative estimate of drug-likeness (QED) is 0.778. The topological polar surface area (TPSA) is 64.6 Å². The summed E-state index contributed by atoms with van der Waals surface area (Å²) in [6.45, 7) is 2.43. The minimum absolute atomic E-state index is 0.0160. The Kier molecular flexibility index (Phi) is 6.56. The Balaban J connectivity index is 2.72. The minimum atomic E-state index is -0.457. The van der Waals surface area contributed by atoms with Gasteiger partial charge in [-0.2, -0.15) is 0 Å². The van der Waals surface area contributed by atoms with Crippen LogP contribution >= 0.6 is 0 Å². The number of hydrogen-bond acceptors (Lipinski definition) is 4. The Morgan fingerprint density at radius 1 is 1.25 bits per heavy atom. The molecule has 1 aromatic carbocycles. The molecule has 0 heterocycles. The van der Waals surface area contributed by atoms with Gasteiger partial charge in [0.25, 0.3) is 0 Å². The highest BCUT2D eigenvalue weighted by Gasteiger charge is 2.13. The van der Waals surface area contributed by atoms with E-state index in [0.29, 0.717) is 24.3 Å². The molecule has 0 saturated heterocycles. The van der Waals surface area contributed by atoms with Crippen LogP contribution in [0.1, 0.15) is 42.1 Å². The Hall–Kier alpha value is -2.04. The highest BCUT2D eigenvalue weighted by molar-refractivity contribution is 5.92. The van der Waals surface area contributed by atoms with Gasteiger partial charge < -0.3 is 14.8 Å². The van der Waals surface area contributed by atoms with Crippen LogP contribution in [0.25, 0.3) is 0 Å². The summed E-state index contributed by atoms with van der Waals surface area (Å²) in [6.07, 6.45) is 2.39. The lowest BCUT2D eigenvalue weighted by Crippen LogP contribution is -2.22. The zero-order valence-electron chi connectivity index (χ0n) is 12.2. The number of nitrogens with one attached hydrogen (secondary N) is 1. The smallest absolute Gasteiger partial charge is 0.341 e. The first-order valence-electron chi connectivity index (χ1n) is 6.64. The summed E-state index contributed by atoms with van der Waals surface area (Å²) in [5, 5.41) is 2.82. The number of esters is 1. The van der Waals surface area contributed by atoms with E-state index in [0.717, 1.165) is 18.4 Å². The minimum Gasteiger partial charge on any atom is -0.496 e. The maximum absolute atomic E-state index is 11.6. The summed E-state index contributed by atoms with van der Waals surface area (Å²) in [7, 11) is 2.81. The van der Waals surface area contributed by atoms with Gasteiger partial charge in [0.15, 0.2) is 0 Å². The normalized spacial score (nSPS) is 9.95. The number of unbranched alkanes of at least 4 members (excludes halogenated alkanes) is 1. The molecule has 0 fully saturated rings. The van der Waals surface area contributed by atoms with Crippen molar-refractivity contribution >= 4 is 11.9 Å². The number of hydrogen-bond donors (Lipinski definition) is 1. The maximum Gasteiger partial charge on any atom is 0.341 e. The Labute approximate surface area is 119 Å². The first-order chi connectivity index (χ1) is 9.62. The number of carbonyl (C=O) groups excluding carboxylic acids is 2. The van der Waals surface area contributed by atoms with Gasteiger partial charge in [-0.3, -0.25) is 4.79 Å². The average molecular weight is 279 g/mol. The van der Waals surface area contributed by atoms with Crippen molar-refractivity contribution < 1.29 is 19.1 Å². The third-order valence-corrected chi connectivity index (χ3v) is 2.92. The summed E-state index contributed by atoms with van der Waals surface area (Å²) in [4.78, 5) is 23.2. The van der Waals surface area contributed by atoms with Crippen LogP contribution in [0.3, 0.4) is 0 Å². The van der Waals surface area contributed by atoms with Crippen LogP contribution in [0.5, 0.6) is 5.75 Å². The fourth-order valence-corrected chi connectivity index (χ4v) is 1.76. The fraction of sp³-hybridized carbons (Fsp3) is 0.467. The third kappa shape index (κ3) is 4.57. The Morgan fingerprint density at radius 2 is 2.00 bits per heavy atom. The lowest BCUT2D eigenvalue weighted by molar-refractivity contribution is -0.121. The van der Waals surface area contributed by atoms with Crippen molar-refractivity contribution in [1.82, 2.24) is 5.32 Å². The van der Waals surface area contributed by atoms with Gasteiger partial charge in [0.05, 0.1) is 14.2 Å². The second-order valence-electron chi connectivity index (χ2n) is 4.41. The maximum atomic E-state index is 11.6. The summed E-state index contributed by atoms with van der Waals surface area (Å²) >= 11 is 0. The van der Waals surface area contributed by atoms with Crippen LogP contribution in [0.2, 0.25) is 0 Å². The lowest BCUT2D eigenvalue weighted by Gasteiger charge is -2.10.